The van der Waals surface area contributed by atoms with Crippen LogP contribution in [0.5, 0.6) is 0 Å². The van der Waals surface area contributed by atoms with E-state index in [-0.39, 0.29) is 54.3 Å². The first kappa shape index (κ1) is 36.2. The Morgan fingerprint density at radius 2 is 0.714 bits per heavy atom. The van der Waals surface area contributed by atoms with Gasteiger partial charge in [0.1, 0.15) is 17.3 Å². The Labute approximate surface area is 292 Å². The fourth-order valence-corrected chi connectivity index (χ4v) is 11.9. The molecule has 0 heterocycles. The number of hydrogen-bond acceptors (Lipinski definition) is 7. The van der Waals surface area contributed by atoms with Crippen LogP contribution in [0.2, 0.25) is 0 Å². The van der Waals surface area contributed by atoms with E-state index in [1.54, 1.807) is 0 Å². The largest absolute Gasteiger partial charge is 0.354 e. The Morgan fingerprint density at radius 3 is 0.898 bits per heavy atom. The van der Waals surface area contributed by atoms with Gasteiger partial charge in [-0.1, -0.05) is 62.3 Å². The summed E-state index contributed by atoms with van der Waals surface area (Å²) in [5.74, 6) is 0.325. The van der Waals surface area contributed by atoms with E-state index in [2.05, 4.69) is 62.4 Å². The Bertz CT molecular complexity index is 1340. The van der Waals surface area contributed by atoms with Crippen molar-refractivity contribution in [2.75, 3.05) is 39.3 Å². The standard InChI is InChI=1S/C39H60N4O6/c1-31(2)34(7)10-13-37(31,22-25(34)44)28(47)40-16-19-43(20-17-41-29(48)38-14-11-35(8,26(45)23-38)32(38,3)4)21-18-42-30(49)39-15-12-36(9,27(46)24-39)33(39,5)6/h10-24H2,1-9H3,(H,40,47)(H,41,48)(H,42,49)/t34-,35-,36-,37+,38+,39+/m1/s1. The third-order valence-electron chi connectivity index (χ3n) is 17.6. The zero-order valence-corrected chi connectivity index (χ0v) is 31.5. The van der Waals surface area contributed by atoms with Crippen LogP contribution in [0, 0.1) is 48.7 Å². The Balaban J connectivity index is 1.09. The molecule has 0 radical (unpaired) electrons. The van der Waals surface area contributed by atoms with E-state index < -0.39 is 48.7 Å². The summed E-state index contributed by atoms with van der Waals surface area (Å²) in [5.41, 5.74) is -4.81. The molecule has 6 rings (SSSR count). The molecule has 10 heteroatoms. The third-order valence-corrected chi connectivity index (χ3v) is 17.6. The molecule has 6 saturated carbocycles. The number of carbonyl (C=O) groups is 6. The molecule has 49 heavy (non-hydrogen) atoms. The number of rotatable bonds is 12. The predicted molar refractivity (Wildman–Crippen MR) is 185 cm³/mol. The lowest BCUT2D eigenvalue weighted by Crippen LogP contribution is -2.51. The molecule has 0 unspecified atom stereocenters. The molecular formula is C39H60N4O6. The van der Waals surface area contributed by atoms with Crippen LogP contribution in [-0.4, -0.2) is 79.2 Å². The minimum absolute atomic E-state index is 0.0679. The summed E-state index contributed by atoms with van der Waals surface area (Å²) in [6, 6.07) is 0. The van der Waals surface area contributed by atoms with Gasteiger partial charge in [-0.15, -0.1) is 0 Å². The van der Waals surface area contributed by atoms with Crippen molar-refractivity contribution in [2.24, 2.45) is 48.7 Å². The number of Topliss-reactive ketones (excluding diaryl/α,β-unsaturated/α-hetero) is 3. The summed E-state index contributed by atoms with van der Waals surface area (Å²) >= 11 is 0. The molecule has 6 atom stereocenters. The van der Waals surface area contributed by atoms with Crippen molar-refractivity contribution in [3.05, 3.63) is 0 Å². The summed E-state index contributed by atoms with van der Waals surface area (Å²) in [6.07, 6.45) is 5.13. The lowest BCUT2D eigenvalue weighted by molar-refractivity contribution is -0.136. The molecule has 0 aromatic carbocycles. The van der Waals surface area contributed by atoms with Gasteiger partial charge in [0.25, 0.3) is 0 Å². The average molecular weight is 681 g/mol. The molecule has 3 N–H and O–H groups in total. The first-order valence-electron chi connectivity index (χ1n) is 18.7. The molecular weight excluding hydrogens is 620 g/mol. The molecule has 0 saturated heterocycles. The van der Waals surface area contributed by atoms with Crippen LogP contribution in [0.15, 0.2) is 0 Å². The van der Waals surface area contributed by atoms with Crippen molar-refractivity contribution in [1.29, 1.82) is 0 Å². The maximum Gasteiger partial charge on any atom is 0.227 e. The number of fused-ring (bicyclic) bond motifs is 6. The fraction of sp³-hybridized carbons (Fsp3) is 0.846. The highest BCUT2D eigenvalue weighted by atomic mass is 16.2. The fourth-order valence-electron chi connectivity index (χ4n) is 11.9. The topological polar surface area (TPSA) is 142 Å². The second-order valence-corrected chi connectivity index (χ2v) is 19.0. The quantitative estimate of drug-likeness (QED) is 0.283. The van der Waals surface area contributed by atoms with Crippen LogP contribution < -0.4 is 16.0 Å². The van der Waals surface area contributed by atoms with Gasteiger partial charge in [-0.2, -0.15) is 0 Å². The first-order chi connectivity index (χ1) is 22.6. The summed E-state index contributed by atoms with van der Waals surface area (Å²) in [4.78, 5) is 82.2. The van der Waals surface area contributed by atoms with Gasteiger partial charge >= 0.3 is 0 Å². The highest BCUT2D eigenvalue weighted by Gasteiger charge is 2.74. The van der Waals surface area contributed by atoms with Crippen LogP contribution in [0.1, 0.15) is 120 Å². The summed E-state index contributed by atoms with van der Waals surface area (Å²) in [6.45, 7) is 21.0. The van der Waals surface area contributed by atoms with Crippen LogP contribution in [-0.2, 0) is 28.8 Å². The van der Waals surface area contributed by atoms with E-state index in [9.17, 15) is 28.8 Å². The van der Waals surface area contributed by atoms with Gasteiger partial charge in [0.15, 0.2) is 0 Å². The molecule has 0 aromatic heterocycles. The zero-order chi connectivity index (χ0) is 36.3. The average Bonchev–Trinajstić information content (AvgIpc) is 3.61. The van der Waals surface area contributed by atoms with Gasteiger partial charge < -0.3 is 16.0 Å². The van der Waals surface area contributed by atoms with E-state index in [0.29, 0.717) is 58.5 Å². The number of carbonyl (C=O) groups excluding carboxylic acids is 6. The van der Waals surface area contributed by atoms with Crippen molar-refractivity contribution in [3.8, 4) is 0 Å². The van der Waals surface area contributed by atoms with Gasteiger partial charge in [0.2, 0.25) is 17.7 Å². The van der Waals surface area contributed by atoms with Crippen molar-refractivity contribution >= 4 is 35.1 Å². The van der Waals surface area contributed by atoms with E-state index >= 15 is 0 Å². The number of ketones is 3. The summed E-state index contributed by atoms with van der Waals surface area (Å²) < 4.78 is 0. The van der Waals surface area contributed by atoms with Crippen molar-refractivity contribution in [2.45, 2.75) is 120 Å². The van der Waals surface area contributed by atoms with Crippen LogP contribution in [0.3, 0.4) is 0 Å². The molecule has 0 spiro atoms. The SMILES string of the molecule is CC1(C)[C@@]2(C(=O)NCCN(CCNC(=O)[C@]34CC[C@](C)(C(=O)C3)C4(C)C)CCNC(=O)[C@]34CC[C@](C)(C(=O)C3)C4(C)C)CC[C@]1(C)C(=O)C2. The van der Waals surface area contributed by atoms with Crippen molar-refractivity contribution < 1.29 is 28.8 Å². The highest BCUT2D eigenvalue weighted by Crippen LogP contribution is 2.72. The number of nitrogens with one attached hydrogen (secondary N) is 3. The smallest absolute Gasteiger partial charge is 0.227 e. The number of amides is 3. The molecule has 6 aliphatic carbocycles. The van der Waals surface area contributed by atoms with E-state index in [4.69, 9.17) is 0 Å². The van der Waals surface area contributed by atoms with Gasteiger partial charge in [-0.05, 0) is 54.8 Å². The Kier molecular flexibility index (Phi) is 8.08. The van der Waals surface area contributed by atoms with Crippen LogP contribution in [0.25, 0.3) is 0 Å². The maximum atomic E-state index is 13.7. The monoisotopic (exact) mass is 680 g/mol. The molecule has 0 aromatic rings. The molecule has 6 bridgehead atoms. The lowest BCUT2D eigenvalue weighted by Gasteiger charge is -2.39. The third kappa shape index (κ3) is 4.27. The van der Waals surface area contributed by atoms with Crippen molar-refractivity contribution in [1.82, 2.24) is 20.9 Å². The zero-order valence-electron chi connectivity index (χ0n) is 31.5. The van der Waals surface area contributed by atoms with Crippen molar-refractivity contribution in [3.63, 3.8) is 0 Å². The molecule has 10 nitrogen and oxygen atoms in total. The number of nitrogens with zero attached hydrogens (tertiary/aromatic N) is 1. The van der Waals surface area contributed by atoms with E-state index in [1.807, 2.05) is 20.8 Å². The van der Waals surface area contributed by atoms with Crippen LogP contribution in [0.4, 0.5) is 0 Å². The van der Waals surface area contributed by atoms with Gasteiger partial charge in [0.05, 0.1) is 16.2 Å². The van der Waals surface area contributed by atoms with E-state index in [1.165, 1.54) is 0 Å². The molecule has 6 fully saturated rings. The van der Waals surface area contributed by atoms with Crippen LogP contribution >= 0.6 is 0 Å². The molecule has 0 aliphatic heterocycles. The lowest BCUT2D eigenvalue weighted by atomic mass is 9.64. The normalized spacial score (nSPS) is 40.4. The second kappa shape index (κ2) is 10.9. The predicted octanol–water partition coefficient (Wildman–Crippen LogP) is 3.99. The Hall–Kier alpha value is -2.62. The summed E-state index contributed by atoms with van der Waals surface area (Å²) in [7, 11) is 0. The number of hydrogen-bond donors (Lipinski definition) is 3. The minimum Gasteiger partial charge on any atom is -0.354 e. The Morgan fingerprint density at radius 1 is 0.469 bits per heavy atom. The van der Waals surface area contributed by atoms with Gasteiger partial charge in [0, 0.05) is 74.8 Å². The molecule has 272 valence electrons. The minimum atomic E-state index is -0.702. The molecule has 6 aliphatic rings. The van der Waals surface area contributed by atoms with Gasteiger partial charge in [-0.25, -0.2) is 0 Å². The highest BCUT2D eigenvalue weighted by molar-refractivity contribution is 6.01. The second-order valence-electron chi connectivity index (χ2n) is 19.0. The first-order valence-corrected chi connectivity index (χ1v) is 18.7. The van der Waals surface area contributed by atoms with E-state index in [0.717, 1.165) is 19.3 Å². The molecule has 3 amide bonds. The maximum absolute atomic E-state index is 13.7. The van der Waals surface area contributed by atoms with Gasteiger partial charge in [-0.3, -0.25) is 33.7 Å². The summed E-state index contributed by atoms with van der Waals surface area (Å²) in [5, 5.41) is 9.46.